The summed E-state index contributed by atoms with van der Waals surface area (Å²) >= 11 is 6.33. The van der Waals surface area contributed by atoms with Crippen molar-refractivity contribution in [1.29, 1.82) is 0 Å². The summed E-state index contributed by atoms with van der Waals surface area (Å²) in [5.74, 6) is -1.67. The summed E-state index contributed by atoms with van der Waals surface area (Å²) in [6.45, 7) is 5.12. The molecule has 1 aromatic carbocycles. The van der Waals surface area contributed by atoms with E-state index < -0.39 is 74.3 Å². The third-order valence-corrected chi connectivity index (χ3v) is 11.9. The van der Waals surface area contributed by atoms with Crippen LogP contribution >= 0.6 is 11.6 Å². The number of hydrogen-bond donors (Lipinski definition) is 3. The SMILES string of the molecule is COc1cnc(O[C@@H]2C[C@H]3C(=O)N[C@]4(C(=O)NS(=O)(=O)C5CC5)CC4/C=C\CCCCC[C@H](NC(=O)OC(C)(C)C)C(=O)N3C2)c2cc(Cl)ccc12. The second-order valence-electron chi connectivity index (χ2n) is 15.0. The number of carbonyl (C=O) groups is 4. The highest BCUT2D eigenvalue weighted by atomic mass is 35.5. The van der Waals surface area contributed by atoms with Crippen LogP contribution in [0.3, 0.4) is 0 Å². The zero-order valence-corrected chi connectivity index (χ0v) is 31.3. The maximum Gasteiger partial charge on any atom is 0.408 e. The van der Waals surface area contributed by atoms with Crippen LogP contribution in [0.4, 0.5) is 4.79 Å². The smallest absolute Gasteiger partial charge is 0.408 e. The van der Waals surface area contributed by atoms with E-state index in [9.17, 15) is 27.6 Å². The van der Waals surface area contributed by atoms with Gasteiger partial charge in [-0.3, -0.25) is 19.1 Å². The molecule has 52 heavy (non-hydrogen) atoms. The molecule has 3 N–H and O–H groups in total. The molecule has 5 atom stereocenters. The fraction of sp³-hybridized carbons (Fsp3) is 0.583. The Balaban J connectivity index is 1.32. The van der Waals surface area contributed by atoms with Crippen LogP contribution in [0.25, 0.3) is 10.8 Å². The first-order valence-electron chi connectivity index (χ1n) is 17.7. The molecule has 0 spiro atoms. The molecule has 1 aromatic heterocycles. The monoisotopic (exact) mass is 759 g/mol. The fourth-order valence-electron chi connectivity index (χ4n) is 6.88. The minimum Gasteiger partial charge on any atom is -0.494 e. The van der Waals surface area contributed by atoms with Crippen LogP contribution in [0.2, 0.25) is 5.02 Å². The van der Waals surface area contributed by atoms with Crippen molar-refractivity contribution in [3.05, 3.63) is 41.6 Å². The van der Waals surface area contributed by atoms with E-state index in [1.54, 1.807) is 39.0 Å². The van der Waals surface area contributed by atoms with Crippen molar-refractivity contribution in [2.24, 2.45) is 5.92 Å². The van der Waals surface area contributed by atoms with Gasteiger partial charge in [0.25, 0.3) is 5.91 Å². The molecule has 2 aliphatic carbocycles. The van der Waals surface area contributed by atoms with E-state index in [-0.39, 0.29) is 25.3 Å². The Morgan fingerprint density at radius 1 is 1.10 bits per heavy atom. The van der Waals surface area contributed by atoms with Crippen molar-refractivity contribution in [2.75, 3.05) is 13.7 Å². The van der Waals surface area contributed by atoms with Gasteiger partial charge in [-0.25, -0.2) is 18.2 Å². The predicted octanol–water partition coefficient (Wildman–Crippen LogP) is 4.14. The summed E-state index contributed by atoms with van der Waals surface area (Å²) < 4.78 is 45.1. The number of nitrogens with zero attached hydrogens (tertiary/aromatic N) is 2. The Morgan fingerprint density at radius 3 is 2.58 bits per heavy atom. The number of fused-ring (bicyclic) bond motifs is 3. The van der Waals surface area contributed by atoms with Crippen molar-refractivity contribution < 1.29 is 41.8 Å². The summed E-state index contributed by atoms with van der Waals surface area (Å²) in [4.78, 5) is 61.2. The Bertz CT molecular complexity index is 1880. The maximum absolute atomic E-state index is 14.4. The number of methoxy groups -OCH3 is 1. The lowest BCUT2D eigenvalue weighted by Crippen LogP contribution is -2.58. The van der Waals surface area contributed by atoms with E-state index in [1.807, 2.05) is 12.2 Å². The summed E-state index contributed by atoms with van der Waals surface area (Å²) in [6, 6.07) is 3.03. The van der Waals surface area contributed by atoms with Crippen LogP contribution in [0.15, 0.2) is 36.5 Å². The minimum atomic E-state index is -3.90. The number of rotatable bonds is 7. The number of amides is 4. The maximum atomic E-state index is 14.4. The van der Waals surface area contributed by atoms with Crippen LogP contribution in [0, 0.1) is 5.92 Å². The Hall–Kier alpha value is -4.11. The number of halogens is 1. The largest absolute Gasteiger partial charge is 0.494 e. The van der Waals surface area contributed by atoms with Gasteiger partial charge in [0.1, 0.15) is 35.1 Å². The van der Waals surface area contributed by atoms with Crippen molar-refractivity contribution >= 4 is 56.2 Å². The number of hydrogen-bond acceptors (Lipinski definition) is 10. The summed E-state index contributed by atoms with van der Waals surface area (Å²) in [7, 11) is -2.37. The Kier molecular flexibility index (Phi) is 10.7. The molecule has 14 nitrogen and oxygen atoms in total. The normalized spacial score (nSPS) is 27.6. The van der Waals surface area contributed by atoms with Gasteiger partial charge in [0.2, 0.25) is 27.7 Å². The molecule has 1 unspecified atom stereocenters. The van der Waals surface area contributed by atoms with Crippen molar-refractivity contribution in [1.82, 2.24) is 25.2 Å². The minimum absolute atomic E-state index is 0.0189. The van der Waals surface area contributed by atoms with Crippen LogP contribution in [0.1, 0.15) is 78.6 Å². The molecule has 2 saturated carbocycles. The molecule has 2 aromatic rings. The van der Waals surface area contributed by atoms with Crippen molar-refractivity contribution in [2.45, 2.75) is 113 Å². The second kappa shape index (κ2) is 14.7. The lowest BCUT2D eigenvalue weighted by molar-refractivity contribution is -0.141. The third kappa shape index (κ3) is 8.41. The van der Waals surface area contributed by atoms with Gasteiger partial charge in [-0.05, 0) is 77.5 Å². The molecule has 282 valence electrons. The van der Waals surface area contributed by atoms with Gasteiger partial charge in [-0.15, -0.1) is 0 Å². The van der Waals surface area contributed by atoms with E-state index in [4.69, 9.17) is 25.8 Å². The van der Waals surface area contributed by atoms with E-state index in [0.29, 0.717) is 53.6 Å². The molecule has 0 radical (unpaired) electrons. The number of pyridine rings is 1. The molecule has 4 amide bonds. The first-order valence-corrected chi connectivity index (χ1v) is 19.7. The highest BCUT2D eigenvalue weighted by Crippen LogP contribution is 2.46. The first kappa shape index (κ1) is 37.6. The van der Waals surface area contributed by atoms with Crippen molar-refractivity contribution in [3.63, 3.8) is 0 Å². The third-order valence-electron chi connectivity index (χ3n) is 9.81. The number of nitrogens with one attached hydrogen (secondary N) is 3. The van der Waals surface area contributed by atoms with Crippen LogP contribution in [-0.4, -0.2) is 90.3 Å². The fourth-order valence-corrected chi connectivity index (χ4v) is 8.41. The molecular formula is C36H46ClN5O9S. The number of aromatic nitrogens is 1. The number of ether oxygens (including phenoxy) is 3. The zero-order chi connectivity index (χ0) is 37.4. The van der Waals surface area contributed by atoms with Gasteiger partial charge in [-0.2, -0.15) is 0 Å². The quantitative estimate of drug-likeness (QED) is 0.347. The first-order chi connectivity index (χ1) is 24.6. The second-order valence-corrected chi connectivity index (χ2v) is 17.4. The highest BCUT2D eigenvalue weighted by molar-refractivity contribution is 7.91. The summed E-state index contributed by atoms with van der Waals surface area (Å²) in [5.41, 5.74) is -2.32. The molecule has 3 fully saturated rings. The van der Waals surface area contributed by atoms with Gasteiger partial charge in [0, 0.05) is 28.1 Å². The summed E-state index contributed by atoms with van der Waals surface area (Å²) in [6.07, 6.45) is 8.10. The average Bonchev–Trinajstić information content (AvgIpc) is 3.99. The van der Waals surface area contributed by atoms with E-state index >= 15 is 0 Å². The van der Waals surface area contributed by atoms with Gasteiger partial charge >= 0.3 is 6.09 Å². The van der Waals surface area contributed by atoms with Crippen LogP contribution < -0.4 is 24.8 Å². The Labute approximate surface area is 308 Å². The van der Waals surface area contributed by atoms with Gasteiger partial charge in [0.05, 0.1) is 25.1 Å². The standard InChI is InChI=1S/C36H46ClN5O9S/c1-35(2,3)51-34(46)39-27-11-9-7-5-6-8-10-21-18-36(21,33(45)41-52(47,48)24-13-14-24)40-30(43)28-17-23(20-42(28)32(27)44)50-31-26-16-22(37)12-15-25(26)29(49-4)19-38-31/h8,10,12,15-16,19,21,23-24,27-28H,5-7,9,11,13-14,17-18,20H2,1-4H3,(H,39,46)(H,40,43)(H,41,45)/b10-8-/t21?,23-,27+,28+,36-/m1/s1. The molecular weight excluding hydrogens is 714 g/mol. The topological polar surface area (TPSA) is 182 Å². The lowest BCUT2D eigenvalue weighted by Gasteiger charge is -2.30. The summed E-state index contributed by atoms with van der Waals surface area (Å²) in [5, 5.41) is 6.65. The number of benzene rings is 1. The Morgan fingerprint density at radius 2 is 1.87 bits per heavy atom. The van der Waals surface area contributed by atoms with E-state index in [2.05, 4.69) is 20.3 Å². The molecule has 2 aliphatic heterocycles. The van der Waals surface area contributed by atoms with Gasteiger partial charge < -0.3 is 29.7 Å². The number of sulfonamides is 1. The predicted molar refractivity (Wildman–Crippen MR) is 192 cm³/mol. The molecule has 16 heteroatoms. The number of alkyl carbamates (subject to hydrolysis) is 1. The molecule has 3 heterocycles. The molecule has 6 rings (SSSR count). The van der Waals surface area contributed by atoms with Gasteiger partial charge in [-0.1, -0.05) is 36.6 Å². The van der Waals surface area contributed by atoms with Crippen molar-refractivity contribution in [3.8, 4) is 11.6 Å². The zero-order valence-electron chi connectivity index (χ0n) is 29.8. The lowest BCUT2D eigenvalue weighted by atomic mass is 10.0. The van der Waals surface area contributed by atoms with Crippen LogP contribution in [-0.2, 0) is 29.1 Å². The number of carbonyl (C=O) groups excluding carboxylic acids is 4. The highest BCUT2D eigenvalue weighted by Gasteiger charge is 2.62. The van der Waals surface area contributed by atoms with Gasteiger partial charge in [0.15, 0.2) is 0 Å². The average molecular weight is 760 g/mol. The van der Waals surface area contributed by atoms with Crippen LogP contribution in [0.5, 0.6) is 11.6 Å². The molecule has 1 saturated heterocycles. The molecule has 4 aliphatic rings. The number of allylic oxidation sites excluding steroid dienone is 1. The van der Waals surface area contributed by atoms with E-state index in [0.717, 1.165) is 12.8 Å². The molecule has 0 bridgehead atoms. The van der Waals surface area contributed by atoms with E-state index in [1.165, 1.54) is 18.2 Å².